The zero-order valence-corrected chi connectivity index (χ0v) is 10.8. The first-order valence-electron chi connectivity index (χ1n) is 6.32. The lowest BCUT2D eigenvalue weighted by molar-refractivity contribution is 0.0906. The van der Waals surface area contributed by atoms with E-state index in [4.69, 9.17) is 5.26 Å². The summed E-state index contributed by atoms with van der Waals surface area (Å²) in [6, 6.07) is 5.49. The summed E-state index contributed by atoms with van der Waals surface area (Å²) >= 11 is 2.05. The number of nitriles is 1. The van der Waals surface area contributed by atoms with Crippen LogP contribution in [0.1, 0.15) is 41.7 Å². The van der Waals surface area contributed by atoms with Crippen LogP contribution in [0.2, 0.25) is 0 Å². The molecule has 2 atom stereocenters. The third-order valence-corrected chi connectivity index (χ3v) is 5.47. The Morgan fingerprint density at radius 2 is 2.11 bits per heavy atom. The van der Waals surface area contributed by atoms with Crippen molar-refractivity contribution in [2.75, 3.05) is 0 Å². The first-order chi connectivity index (χ1) is 8.78. The summed E-state index contributed by atoms with van der Waals surface area (Å²) < 4.78 is 0. The number of Topliss-reactive ketones (excluding diaryl/α,β-unsaturated/α-hetero) is 1. The number of rotatable bonds is 2. The largest absolute Gasteiger partial charge is 0.294 e. The van der Waals surface area contributed by atoms with Gasteiger partial charge in [-0.15, -0.1) is 0 Å². The van der Waals surface area contributed by atoms with E-state index in [0.717, 1.165) is 12.8 Å². The smallest absolute Gasteiger partial charge is 0.168 e. The maximum Gasteiger partial charge on any atom is 0.168 e. The van der Waals surface area contributed by atoms with E-state index in [1.165, 1.54) is 12.8 Å². The van der Waals surface area contributed by atoms with Crippen LogP contribution in [0.25, 0.3) is 0 Å². The molecule has 0 saturated carbocycles. The van der Waals surface area contributed by atoms with E-state index >= 15 is 0 Å². The molecule has 0 spiro atoms. The van der Waals surface area contributed by atoms with E-state index in [1.54, 1.807) is 18.3 Å². The lowest BCUT2D eigenvalue weighted by Crippen LogP contribution is -2.25. The van der Waals surface area contributed by atoms with Crippen molar-refractivity contribution in [3.63, 3.8) is 0 Å². The Kier molecular flexibility index (Phi) is 3.09. The molecule has 0 amide bonds. The fourth-order valence-corrected chi connectivity index (χ4v) is 4.76. The van der Waals surface area contributed by atoms with Crippen LogP contribution in [0, 0.1) is 17.2 Å². The molecule has 1 aromatic heterocycles. The van der Waals surface area contributed by atoms with Crippen molar-refractivity contribution in [2.45, 2.75) is 36.2 Å². The summed E-state index contributed by atoms with van der Waals surface area (Å²) in [5, 5.41) is 10.3. The van der Waals surface area contributed by atoms with Gasteiger partial charge in [-0.3, -0.25) is 4.79 Å². The summed E-state index contributed by atoms with van der Waals surface area (Å²) in [5.74, 6) is 0.219. The summed E-state index contributed by atoms with van der Waals surface area (Å²) in [6.45, 7) is 0. The van der Waals surface area contributed by atoms with Gasteiger partial charge < -0.3 is 0 Å². The maximum atomic E-state index is 12.5. The van der Waals surface area contributed by atoms with Gasteiger partial charge in [0.2, 0.25) is 0 Å². The fraction of sp³-hybridized carbons (Fsp3) is 0.500. The first kappa shape index (κ1) is 11.7. The molecule has 0 N–H and O–H groups in total. The van der Waals surface area contributed by atoms with Gasteiger partial charge in [-0.2, -0.15) is 17.0 Å². The minimum atomic E-state index is 0.0973. The number of pyridine rings is 1. The van der Waals surface area contributed by atoms with Crippen LogP contribution in [0.5, 0.6) is 0 Å². The molecule has 2 bridgehead atoms. The predicted molar refractivity (Wildman–Crippen MR) is 70.4 cm³/mol. The zero-order chi connectivity index (χ0) is 12.5. The van der Waals surface area contributed by atoms with Gasteiger partial charge in [0.15, 0.2) is 11.5 Å². The summed E-state index contributed by atoms with van der Waals surface area (Å²) in [4.78, 5) is 16.5. The van der Waals surface area contributed by atoms with Gasteiger partial charge in [0.05, 0.1) is 5.56 Å². The molecular formula is C14H14N2OS. The highest BCUT2D eigenvalue weighted by molar-refractivity contribution is 8.00. The lowest BCUT2D eigenvalue weighted by atomic mass is 9.90. The first-order valence-corrected chi connectivity index (χ1v) is 7.27. The molecule has 3 rings (SSSR count). The number of hydrogen-bond acceptors (Lipinski definition) is 4. The van der Waals surface area contributed by atoms with Crippen molar-refractivity contribution < 1.29 is 4.79 Å². The quantitative estimate of drug-likeness (QED) is 0.765. The molecular weight excluding hydrogens is 244 g/mol. The Balaban J connectivity index is 1.84. The number of nitrogens with zero attached hydrogens (tertiary/aromatic N) is 2. The molecule has 2 saturated heterocycles. The van der Waals surface area contributed by atoms with Crippen LogP contribution >= 0.6 is 11.8 Å². The fourth-order valence-electron chi connectivity index (χ4n) is 2.98. The van der Waals surface area contributed by atoms with E-state index < -0.39 is 0 Å². The van der Waals surface area contributed by atoms with Gasteiger partial charge >= 0.3 is 0 Å². The number of aromatic nitrogens is 1. The average Bonchev–Trinajstić information content (AvgIpc) is 2.76. The molecule has 2 aliphatic heterocycles. The second-order valence-electron chi connectivity index (χ2n) is 5.00. The van der Waals surface area contributed by atoms with E-state index in [2.05, 4.69) is 4.98 Å². The molecule has 0 aromatic carbocycles. The SMILES string of the molecule is N#Cc1ncccc1C(=O)C1CC2CCC(C1)S2. The monoisotopic (exact) mass is 258 g/mol. The number of thioether (sulfide) groups is 1. The molecule has 3 heterocycles. The molecule has 18 heavy (non-hydrogen) atoms. The predicted octanol–water partition coefficient (Wildman–Crippen LogP) is 2.81. The van der Waals surface area contributed by atoms with Crippen molar-refractivity contribution in [1.29, 1.82) is 5.26 Å². The van der Waals surface area contributed by atoms with Gasteiger partial charge in [-0.1, -0.05) is 0 Å². The molecule has 92 valence electrons. The second-order valence-corrected chi connectivity index (χ2v) is 6.61. The molecule has 2 aliphatic rings. The van der Waals surface area contributed by atoms with Crippen molar-refractivity contribution in [3.8, 4) is 6.07 Å². The minimum absolute atomic E-state index is 0.0973. The van der Waals surface area contributed by atoms with Crippen LogP contribution in [0.15, 0.2) is 18.3 Å². The molecule has 0 radical (unpaired) electrons. The van der Waals surface area contributed by atoms with Gasteiger partial charge in [-0.25, -0.2) is 4.98 Å². The summed E-state index contributed by atoms with van der Waals surface area (Å²) in [6.07, 6.45) is 6.00. The number of hydrogen-bond donors (Lipinski definition) is 0. The third-order valence-electron chi connectivity index (χ3n) is 3.84. The van der Waals surface area contributed by atoms with Crippen LogP contribution in [-0.4, -0.2) is 21.3 Å². The third kappa shape index (κ3) is 2.04. The van der Waals surface area contributed by atoms with Crippen molar-refractivity contribution >= 4 is 17.5 Å². The Morgan fingerprint density at radius 3 is 2.78 bits per heavy atom. The van der Waals surface area contributed by atoms with Crippen LogP contribution in [0.3, 0.4) is 0 Å². The Labute approximate surface area is 111 Å². The highest BCUT2D eigenvalue weighted by Crippen LogP contribution is 2.46. The van der Waals surface area contributed by atoms with Crippen molar-refractivity contribution in [1.82, 2.24) is 4.98 Å². The van der Waals surface area contributed by atoms with E-state index in [0.29, 0.717) is 16.1 Å². The Hall–Kier alpha value is -1.34. The van der Waals surface area contributed by atoms with Crippen molar-refractivity contribution in [2.24, 2.45) is 5.92 Å². The van der Waals surface area contributed by atoms with E-state index in [-0.39, 0.29) is 17.4 Å². The zero-order valence-electron chi connectivity index (χ0n) is 10.0. The Bertz CT molecular complexity index is 511. The van der Waals surface area contributed by atoms with E-state index in [1.807, 2.05) is 17.8 Å². The van der Waals surface area contributed by atoms with E-state index in [9.17, 15) is 4.79 Å². The normalized spacial score (nSPS) is 29.8. The van der Waals surface area contributed by atoms with Gasteiger partial charge in [0, 0.05) is 22.6 Å². The molecule has 3 nitrogen and oxygen atoms in total. The molecule has 1 aromatic rings. The van der Waals surface area contributed by atoms with Gasteiger partial charge in [0.25, 0.3) is 0 Å². The molecule has 4 heteroatoms. The van der Waals surface area contributed by atoms with Crippen LogP contribution in [-0.2, 0) is 0 Å². The second kappa shape index (κ2) is 4.74. The number of carbonyl (C=O) groups is 1. The number of ketones is 1. The highest BCUT2D eigenvalue weighted by Gasteiger charge is 2.38. The lowest BCUT2D eigenvalue weighted by Gasteiger charge is -2.26. The topological polar surface area (TPSA) is 53.8 Å². The minimum Gasteiger partial charge on any atom is -0.294 e. The van der Waals surface area contributed by atoms with Crippen LogP contribution < -0.4 is 0 Å². The number of fused-ring (bicyclic) bond motifs is 2. The maximum absolute atomic E-state index is 12.5. The molecule has 2 unspecified atom stereocenters. The summed E-state index contributed by atoms with van der Waals surface area (Å²) in [5.41, 5.74) is 0.782. The standard InChI is InChI=1S/C14H14N2OS/c15-8-13-12(2-1-5-16-13)14(17)9-6-10-3-4-11(7-9)18-10/h1-2,5,9-11H,3-4,6-7H2. The summed E-state index contributed by atoms with van der Waals surface area (Å²) in [7, 11) is 0. The number of carbonyl (C=O) groups excluding carboxylic acids is 1. The van der Waals surface area contributed by atoms with Gasteiger partial charge in [0.1, 0.15) is 6.07 Å². The Morgan fingerprint density at radius 1 is 1.39 bits per heavy atom. The highest BCUT2D eigenvalue weighted by atomic mass is 32.2. The average molecular weight is 258 g/mol. The van der Waals surface area contributed by atoms with Gasteiger partial charge in [-0.05, 0) is 37.8 Å². The van der Waals surface area contributed by atoms with Crippen molar-refractivity contribution in [3.05, 3.63) is 29.6 Å². The molecule has 0 aliphatic carbocycles. The van der Waals surface area contributed by atoms with Crippen LogP contribution in [0.4, 0.5) is 0 Å². The molecule has 2 fully saturated rings.